The van der Waals surface area contributed by atoms with Crippen molar-refractivity contribution >= 4 is 17.9 Å². The van der Waals surface area contributed by atoms with Crippen LogP contribution in [0.5, 0.6) is 0 Å². The fourth-order valence-corrected chi connectivity index (χ4v) is 3.17. The molecule has 2 unspecified atom stereocenters. The van der Waals surface area contributed by atoms with Gasteiger partial charge in [0.05, 0.1) is 0 Å². The number of nitrogens with one attached hydrogen (secondary N) is 2. The highest BCUT2D eigenvalue weighted by molar-refractivity contribution is 6.04. The molecular weight excluding hydrogens is 322 g/mol. The summed E-state index contributed by atoms with van der Waals surface area (Å²) >= 11 is 0. The number of hydrogen-bond acceptors (Lipinski definition) is 4. The Morgan fingerprint density at radius 3 is 2.68 bits per heavy atom. The first-order chi connectivity index (χ1) is 12.1. The Labute approximate surface area is 150 Å². The number of carbonyl (C=O) groups excluding carboxylic acids is 2. The van der Waals surface area contributed by atoms with E-state index in [4.69, 9.17) is 4.74 Å². The van der Waals surface area contributed by atoms with Crippen LogP contribution in [0.3, 0.4) is 0 Å². The predicted molar refractivity (Wildman–Crippen MR) is 96.3 cm³/mol. The lowest BCUT2D eigenvalue weighted by Crippen LogP contribution is -2.64. The molecule has 8 nitrogen and oxygen atoms in total. The second kappa shape index (κ2) is 9.60. The first kappa shape index (κ1) is 19.5. The van der Waals surface area contributed by atoms with Gasteiger partial charge in [-0.25, -0.2) is 4.79 Å². The molecule has 0 aromatic heterocycles. The van der Waals surface area contributed by atoms with Crippen molar-refractivity contribution in [2.45, 2.75) is 58.2 Å². The zero-order chi connectivity index (χ0) is 18.2. The summed E-state index contributed by atoms with van der Waals surface area (Å²) in [6.07, 6.45) is 4.94. The molecule has 2 saturated heterocycles. The molecule has 2 fully saturated rings. The molecule has 0 aromatic rings. The summed E-state index contributed by atoms with van der Waals surface area (Å²) in [6, 6.07) is -0.794. The van der Waals surface area contributed by atoms with Gasteiger partial charge in [0.2, 0.25) is 0 Å². The fraction of sp³-hybridized carbons (Fsp3) is 0.824. The highest BCUT2D eigenvalue weighted by atomic mass is 16.5. The quantitative estimate of drug-likeness (QED) is 0.575. The molecule has 0 saturated carbocycles. The zero-order valence-corrected chi connectivity index (χ0v) is 15.6. The largest absolute Gasteiger partial charge is 0.382 e. The summed E-state index contributed by atoms with van der Waals surface area (Å²) in [5, 5.41) is 5.69. The van der Waals surface area contributed by atoms with E-state index in [9.17, 15) is 9.59 Å². The van der Waals surface area contributed by atoms with Gasteiger partial charge in [0.15, 0.2) is 12.0 Å². The summed E-state index contributed by atoms with van der Waals surface area (Å²) < 4.78 is 5.34. The fourth-order valence-electron chi connectivity index (χ4n) is 3.17. The summed E-state index contributed by atoms with van der Waals surface area (Å²) in [4.78, 5) is 32.4. The van der Waals surface area contributed by atoms with Gasteiger partial charge < -0.3 is 19.9 Å². The number of urea groups is 1. The maximum atomic E-state index is 12.4. The third kappa shape index (κ3) is 4.84. The zero-order valence-electron chi connectivity index (χ0n) is 15.6. The number of rotatable bonds is 10. The molecule has 2 rings (SSSR count). The van der Waals surface area contributed by atoms with Crippen LogP contribution in [0, 0.1) is 0 Å². The SMILES string of the molecule is CCCCCCN1C(=NCCCOCC)NC2C1C(=O)NC(=O)N2C. The number of ether oxygens (including phenoxy) is 1. The number of hydrogen-bond donors (Lipinski definition) is 2. The first-order valence-electron chi connectivity index (χ1n) is 9.33. The minimum Gasteiger partial charge on any atom is -0.382 e. The van der Waals surface area contributed by atoms with Crippen molar-refractivity contribution in [3.05, 3.63) is 0 Å². The molecule has 0 aromatic carbocycles. The topological polar surface area (TPSA) is 86.3 Å². The van der Waals surface area contributed by atoms with Crippen LogP contribution >= 0.6 is 0 Å². The van der Waals surface area contributed by atoms with Crippen LogP contribution in [0.4, 0.5) is 4.79 Å². The number of unbranched alkanes of at least 4 members (excludes halogenated alkanes) is 3. The lowest BCUT2D eigenvalue weighted by molar-refractivity contribution is -0.127. The Morgan fingerprint density at radius 1 is 1.16 bits per heavy atom. The number of guanidine groups is 1. The molecule has 3 amide bonds. The lowest BCUT2D eigenvalue weighted by Gasteiger charge is -2.35. The van der Waals surface area contributed by atoms with Crippen molar-refractivity contribution in [1.82, 2.24) is 20.4 Å². The molecule has 142 valence electrons. The van der Waals surface area contributed by atoms with E-state index in [1.165, 1.54) is 17.7 Å². The van der Waals surface area contributed by atoms with Gasteiger partial charge >= 0.3 is 6.03 Å². The normalized spacial score (nSPS) is 24.5. The lowest BCUT2D eigenvalue weighted by atomic mass is 10.1. The molecule has 8 heteroatoms. The van der Waals surface area contributed by atoms with Gasteiger partial charge in [-0.2, -0.15) is 0 Å². The average molecular weight is 353 g/mol. The minimum atomic E-state index is -0.421. The smallest absolute Gasteiger partial charge is 0.325 e. The number of fused-ring (bicyclic) bond motifs is 1. The van der Waals surface area contributed by atoms with E-state index < -0.39 is 6.04 Å². The van der Waals surface area contributed by atoms with Crippen molar-refractivity contribution in [2.24, 2.45) is 4.99 Å². The number of likely N-dealkylation sites (N-methyl/N-ethyl adjacent to an activating group) is 1. The Morgan fingerprint density at radius 2 is 1.96 bits per heavy atom. The summed E-state index contributed by atoms with van der Waals surface area (Å²) in [6.45, 7) is 6.91. The standard InChI is InChI=1S/C17H31N5O3/c1-4-6-7-8-11-22-13-14(21(3)17(24)20-15(13)23)19-16(22)18-10-9-12-25-5-2/h13-14H,4-12H2,1-3H3,(H,18,19)(H,20,23,24). The summed E-state index contributed by atoms with van der Waals surface area (Å²) in [5.74, 6) is 0.454. The van der Waals surface area contributed by atoms with Crippen LogP contribution < -0.4 is 10.6 Å². The maximum Gasteiger partial charge on any atom is 0.325 e. The van der Waals surface area contributed by atoms with Crippen molar-refractivity contribution in [3.63, 3.8) is 0 Å². The highest BCUT2D eigenvalue weighted by Crippen LogP contribution is 2.21. The minimum absolute atomic E-state index is 0.254. The van der Waals surface area contributed by atoms with E-state index in [2.05, 4.69) is 22.5 Å². The van der Waals surface area contributed by atoms with Crippen molar-refractivity contribution < 1.29 is 14.3 Å². The van der Waals surface area contributed by atoms with E-state index in [-0.39, 0.29) is 18.1 Å². The van der Waals surface area contributed by atoms with Crippen molar-refractivity contribution in [3.8, 4) is 0 Å². The second-order valence-electron chi connectivity index (χ2n) is 6.45. The molecule has 0 aliphatic carbocycles. The van der Waals surface area contributed by atoms with E-state index in [0.29, 0.717) is 25.7 Å². The van der Waals surface area contributed by atoms with Gasteiger partial charge in [0.25, 0.3) is 5.91 Å². The van der Waals surface area contributed by atoms with Gasteiger partial charge in [-0.15, -0.1) is 0 Å². The van der Waals surface area contributed by atoms with Crippen LogP contribution in [0.15, 0.2) is 4.99 Å². The number of aliphatic imine (C=N–C) groups is 1. The Bertz CT molecular complexity index is 497. The van der Waals surface area contributed by atoms with Crippen LogP contribution in [0.25, 0.3) is 0 Å². The molecule has 0 radical (unpaired) electrons. The number of imide groups is 1. The van der Waals surface area contributed by atoms with E-state index in [0.717, 1.165) is 25.8 Å². The van der Waals surface area contributed by atoms with Gasteiger partial charge in [0.1, 0.15) is 6.17 Å². The van der Waals surface area contributed by atoms with Crippen LogP contribution in [0.2, 0.25) is 0 Å². The van der Waals surface area contributed by atoms with Crippen molar-refractivity contribution in [1.29, 1.82) is 0 Å². The molecule has 0 spiro atoms. The molecule has 2 heterocycles. The third-order valence-electron chi connectivity index (χ3n) is 4.59. The highest BCUT2D eigenvalue weighted by Gasteiger charge is 2.49. The van der Waals surface area contributed by atoms with E-state index in [1.807, 2.05) is 11.8 Å². The molecule has 2 N–H and O–H groups in total. The summed E-state index contributed by atoms with van der Waals surface area (Å²) in [5.41, 5.74) is 0. The molecule has 2 aliphatic heterocycles. The predicted octanol–water partition coefficient (Wildman–Crippen LogP) is 1.13. The number of carbonyl (C=O) groups is 2. The van der Waals surface area contributed by atoms with Gasteiger partial charge in [-0.1, -0.05) is 26.2 Å². The van der Waals surface area contributed by atoms with Gasteiger partial charge in [0, 0.05) is 33.4 Å². The molecular formula is C17H31N5O3. The average Bonchev–Trinajstić information content (AvgIpc) is 2.96. The van der Waals surface area contributed by atoms with Gasteiger partial charge in [-0.3, -0.25) is 15.1 Å². The van der Waals surface area contributed by atoms with Crippen LogP contribution in [-0.2, 0) is 9.53 Å². The maximum absolute atomic E-state index is 12.4. The Kier molecular flexibility index (Phi) is 7.49. The molecule has 2 atom stereocenters. The van der Waals surface area contributed by atoms with E-state index >= 15 is 0 Å². The number of amides is 3. The second-order valence-corrected chi connectivity index (χ2v) is 6.45. The van der Waals surface area contributed by atoms with Crippen LogP contribution in [0.1, 0.15) is 46.0 Å². The van der Waals surface area contributed by atoms with Crippen molar-refractivity contribution in [2.75, 3.05) is 33.4 Å². The Balaban J connectivity index is 2.05. The van der Waals surface area contributed by atoms with Crippen LogP contribution in [-0.4, -0.2) is 73.3 Å². The van der Waals surface area contributed by atoms with E-state index in [1.54, 1.807) is 7.05 Å². The third-order valence-corrected chi connectivity index (χ3v) is 4.59. The number of nitrogens with zero attached hydrogens (tertiary/aromatic N) is 3. The monoisotopic (exact) mass is 353 g/mol. The Hall–Kier alpha value is -1.83. The molecule has 0 bridgehead atoms. The molecule has 2 aliphatic rings. The molecule has 25 heavy (non-hydrogen) atoms. The first-order valence-corrected chi connectivity index (χ1v) is 9.33. The van der Waals surface area contributed by atoms with Gasteiger partial charge in [-0.05, 0) is 19.8 Å². The summed E-state index contributed by atoms with van der Waals surface area (Å²) in [7, 11) is 1.69.